The fourth-order valence-corrected chi connectivity index (χ4v) is 1.92. The number of hydrogen-bond acceptors (Lipinski definition) is 4. The number of hydrogen-bond donors (Lipinski definition) is 2. The van der Waals surface area contributed by atoms with Crippen LogP contribution in [-0.2, 0) is 9.53 Å². The van der Waals surface area contributed by atoms with E-state index < -0.39 is 6.04 Å². The lowest BCUT2D eigenvalue weighted by Crippen LogP contribution is -2.34. The van der Waals surface area contributed by atoms with Gasteiger partial charge in [0, 0.05) is 6.61 Å². The first-order valence-corrected chi connectivity index (χ1v) is 5.77. The van der Waals surface area contributed by atoms with Crippen molar-refractivity contribution in [2.45, 2.75) is 44.6 Å². The topological polar surface area (TPSA) is 72.5 Å². The lowest BCUT2D eigenvalue weighted by molar-refractivity contribution is -0.147. The van der Waals surface area contributed by atoms with Crippen LogP contribution in [0.4, 0.5) is 0 Å². The minimum Gasteiger partial charge on any atom is -0.464 e. The number of rotatable bonds is 5. The Balaban J connectivity index is 2.14. The molecule has 1 fully saturated rings. The highest BCUT2D eigenvalue weighted by atomic mass is 16.5. The molecule has 0 spiro atoms. The van der Waals surface area contributed by atoms with Crippen molar-refractivity contribution in [2.24, 2.45) is 11.7 Å². The Hall–Kier alpha value is -0.610. The van der Waals surface area contributed by atoms with E-state index in [-0.39, 0.29) is 19.0 Å². The SMILES string of the molecule is N[C@@H](CCO)C(=O)OCC1CCCCC1. The first-order chi connectivity index (χ1) is 7.24. The number of ether oxygens (including phenoxy) is 1. The Kier molecular flexibility index (Phi) is 5.65. The fraction of sp³-hybridized carbons (Fsp3) is 0.909. The molecular formula is C11H21NO3. The number of nitrogens with two attached hydrogens (primary N) is 1. The molecule has 1 rings (SSSR count). The van der Waals surface area contributed by atoms with Gasteiger partial charge in [-0.2, -0.15) is 0 Å². The van der Waals surface area contributed by atoms with Crippen LogP contribution < -0.4 is 5.73 Å². The summed E-state index contributed by atoms with van der Waals surface area (Å²) in [5.74, 6) is 0.138. The highest BCUT2D eigenvalue weighted by Crippen LogP contribution is 2.23. The van der Waals surface area contributed by atoms with Crippen LogP contribution in [0.5, 0.6) is 0 Å². The second-order valence-corrected chi connectivity index (χ2v) is 4.25. The van der Waals surface area contributed by atoms with Crippen molar-refractivity contribution >= 4 is 5.97 Å². The summed E-state index contributed by atoms with van der Waals surface area (Å²) in [6.07, 6.45) is 6.37. The van der Waals surface area contributed by atoms with Crippen molar-refractivity contribution in [1.82, 2.24) is 0 Å². The van der Waals surface area contributed by atoms with Crippen LogP contribution in [0.15, 0.2) is 0 Å². The molecule has 15 heavy (non-hydrogen) atoms. The third-order valence-corrected chi connectivity index (χ3v) is 2.93. The summed E-state index contributed by atoms with van der Waals surface area (Å²) in [5, 5.41) is 8.61. The van der Waals surface area contributed by atoms with Crippen molar-refractivity contribution in [1.29, 1.82) is 0 Å². The van der Waals surface area contributed by atoms with E-state index in [1.165, 1.54) is 19.3 Å². The van der Waals surface area contributed by atoms with Crippen LogP contribution in [0.2, 0.25) is 0 Å². The van der Waals surface area contributed by atoms with Crippen molar-refractivity contribution in [3.63, 3.8) is 0 Å². The molecule has 1 atom stereocenters. The molecule has 0 aromatic rings. The summed E-state index contributed by atoms with van der Waals surface area (Å²) in [5.41, 5.74) is 5.51. The molecule has 0 aromatic carbocycles. The maximum Gasteiger partial charge on any atom is 0.323 e. The Morgan fingerprint density at radius 3 is 2.67 bits per heavy atom. The Morgan fingerprint density at radius 1 is 1.40 bits per heavy atom. The van der Waals surface area contributed by atoms with Crippen LogP contribution in [-0.4, -0.2) is 30.3 Å². The normalized spacial score (nSPS) is 19.9. The highest BCUT2D eigenvalue weighted by Gasteiger charge is 2.18. The lowest BCUT2D eigenvalue weighted by Gasteiger charge is -2.21. The molecule has 1 aliphatic carbocycles. The van der Waals surface area contributed by atoms with E-state index >= 15 is 0 Å². The lowest BCUT2D eigenvalue weighted by atomic mass is 9.90. The van der Waals surface area contributed by atoms with E-state index in [0.717, 1.165) is 12.8 Å². The molecule has 0 amide bonds. The van der Waals surface area contributed by atoms with Gasteiger partial charge >= 0.3 is 5.97 Å². The Morgan fingerprint density at radius 2 is 2.07 bits per heavy atom. The molecule has 1 aliphatic rings. The zero-order valence-corrected chi connectivity index (χ0v) is 9.15. The summed E-state index contributed by atoms with van der Waals surface area (Å²) in [6, 6.07) is -0.668. The van der Waals surface area contributed by atoms with Gasteiger partial charge in [-0.1, -0.05) is 19.3 Å². The average molecular weight is 215 g/mol. The number of carbonyl (C=O) groups excluding carboxylic acids is 1. The smallest absolute Gasteiger partial charge is 0.323 e. The molecular weight excluding hydrogens is 194 g/mol. The Labute approximate surface area is 90.8 Å². The van der Waals surface area contributed by atoms with Crippen molar-refractivity contribution in [3.8, 4) is 0 Å². The van der Waals surface area contributed by atoms with E-state index in [0.29, 0.717) is 12.5 Å². The maximum absolute atomic E-state index is 11.3. The van der Waals surface area contributed by atoms with E-state index in [9.17, 15) is 4.79 Å². The second kappa shape index (κ2) is 6.80. The quantitative estimate of drug-likeness (QED) is 0.666. The molecule has 0 unspecified atom stereocenters. The van der Waals surface area contributed by atoms with E-state index in [4.69, 9.17) is 15.6 Å². The summed E-state index contributed by atoms with van der Waals surface area (Å²) in [4.78, 5) is 11.3. The minimum absolute atomic E-state index is 0.0697. The number of aliphatic hydroxyl groups is 1. The van der Waals surface area contributed by atoms with Gasteiger partial charge in [0.1, 0.15) is 6.04 Å². The molecule has 0 bridgehead atoms. The van der Waals surface area contributed by atoms with Crippen LogP contribution in [0.3, 0.4) is 0 Å². The predicted octanol–water partition coefficient (Wildman–Crippen LogP) is 0.820. The monoisotopic (exact) mass is 215 g/mol. The number of esters is 1. The van der Waals surface area contributed by atoms with Crippen molar-refractivity contribution in [2.75, 3.05) is 13.2 Å². The minimum atomic E-state index is -0.668. The highest BCUT2D eigenvalue weighted by molar-refractivity contribution is 5.75. The first kappa shape index (κ1) is 12.5. The fourth-order valence-electron chi connectivity index (χ4n) is 1.92. The molecule has 88 valence electrons. The van der Waals surface area contributed by atoms with Crippen LogP contribution in [0.25, 0.3) is 0 Å². The van der Waals surface area contributed by atoms with E-state index in [1.54, 1.807) is 0 Å². The van der Waals surface area contributed by atoms with Gasteiger partial charge in [0.05, 0.1) is 6.61 Å². The standard InChI is InChI=1S/C11H21NO3/c12-10(6-7-13)11(14)15-8-9-4-2-1-3-5-9/h9-10,13H,1-8,12H2/t10-/m0/s1. The molecule has 0 saturated heterocycles. The largest absolute Gasteiger partial charge is 0.464 e. The third-order valence-electron chi connectivity index (χ3n) is 2.93. The van der Waals surface area contributed by atoms with E-state index in [2.05, 4.69) is 0 Å². The molecule has 4 nitrogen and oxygen atoms in total. The van der Waals surface area contributed by atoms with Gasteiger partial charge in [0.15, 0.2) is 0 Å². The van der Waals surface area contributed by atoms with Gasteiger partial charge in [-0.25, -0.2) is 0 Å². The van der Waals surface area contributed by atoms with Gasteiger partial charge in [-0.05, 0) is 25.2 Å². The van der Waals surface area contributed by atoms with Gasteiger partial charge in [-0.3, -0.25) is 4.79 Å². The molecule has 1 saturated carbocycles. The number of aliphatic hydroxyl groups excluding tert-OH is 1. The zero-order chi connectivity index (χ0) is 11.1. The molecule has 0 aromatic heterocycles. The summed E-state index contributed by atoms with van der Waals surface area (Å²) < 4.78 is 5.12. The number of carbonyl (C=O) groups is 1. The summed E-state index contributed by atoms with van der Waals surface area (Å²) in [7, 11) is 0. The summed E-state index contributed by atoms with van der Waals surface area (Å²) >= 11 is 0. The van der Waals surface area contributed by atoms with E-state index in [1.807, 2.05) is 0 Å². The third kappa shape index (κ3) is 4.62. The van der Waals surface area contributed by atoms with Crippen LogP contribution in [0, 0.1) is 5.92 Å². The molecule has 0 radical (unpaired) electrons. The predicted molar refractivity (Wildman–Crippen MR) is 57.2 cm³/mol. The van der Waals surface area contributed by atoms with Crippen LogP contribution >= 0.6 is 0 Å². The second-order valence-electron chi connectivity index (χ2n) is 4.25. The molecule has 0 heterocycles. The zero-order valence-electron chi connectivity index (χ0n) is 9.15. The van der Waals surface area contributed by atoms with Gasteiger partial charge in [0.25, 0.3) is 0 Å². The molecule has 0 aliphatic heterocycles. The van der Waals surface area contributed by atoms with Gasteiger partial charge in [-0.15, -0.1) is 0 Å². The Bertz CT molecular complexity index is 190. The van der Waals surface area contributed by atoms with Gasteiger partial charge < -0.3 is 15.6 Å². The van der Waals surface area contributed by atoms with Crippen LogP contribution in [0.1, 0.15) is 38.5 Å². The summed E-state index contributed by atoms with van der Waals surface area (Å²) in [6.45, 7) is 0.428. The van der Waals surface area contributed by atoms with Crippen molar-refractivity contribution < 1.29 is 14.6 Å². The molecule has 4 heteroatoms. The van der Waals surface area contributed by atoms with Crippen molar-refractivity contribution in [3.05, 3.63) is 0 Å². The average Bonchev–Trinajstić information content (AvgIpc) is 2.27. The van der Waals surface area contributed by atoms with Gasteiger partial charge in [0.2, 0.25) is 0 Å². The maximum atomic E-state index is 11.3. The first-order valence-electron chi connectivity index (χ1n) is 5.77. The molecule has 3 N–H and O–H groups in total.